The molecule has 4 nitrogen and oxygen atoms in total. The number of amides is 1. The Morgan fingerprint density at radius 2 is 1.77 bits per heavy atom. The van der Waals surface area contributed by atoms with Gasteiger partial charge in [0.1, 0.15) is 5.82 Å². The summed E-state index contributed by atoms with van der Waals surface area (Å²) in [5, 5.41) is 7.40. The molecule has 5 rings (SSSR count). The molecular formula is C33H36Cl2FN3O. The summed E-state index contributed by atoms with van der Waals surface area (Å²) in [7, 11) is 0. The molecule has 2 heterocycles. The Bertz CT molecular complexity index is 1380. The highest BCUT2D eigenvalue weighted by Crippen LogP contribution is 2.47. The number of fused-ring (bicyclic) bond motifs is 2. The third kappa shape index (κ3) is 6.38. The van der Waals surface area contributed by atoms with Gasteiger partial charge < -0.3 is 15.5 Å². The number of aryl methyl sites for hydroxylation is 1. The van der Waals surface area contributed by atoms with Gasteiger partial charge >= 0.3 is 0 Å². The highest BCUT2D eigenvalue weighted by Gasteiger charge is 2.41. The van der Waals surface area contributed by atoms with E-state index in [2.05, 4.69) is 53.3 Å². The Kier molecular flexibility index (Phi) is 8.84. The minimum absolute atomic E-state index is 0.0227. The molecule has 2 N–H and O–H groups in total. The van der Waals surface area contributed by atoms with E-state index in [0.29, 0.717) is 23.0 Å². The molecule has 1 amide bonds. The summed E-state index contributed by atoms with van der Waals surface area (Å²) >= 11 is 12.5. The first-order chi connectivity index (χ1) is 19.3. The smallest absolute Gasteiger partial charge is 0.227 e. The fourth-order valence-electron chi connectivity index (χ4n) is 6.15. The SMILES string of the molecule is C=C1CC2(CCN(CCC(C(=O)NCc3ccc(CC)cc3)c3ccc(Cl)c(Cl)c3)CC2)c2cc(F)ccc2N1. The standard InChI is InChI=1S/C33H36Cl2FN3O/c1-3-23-4-6-24(7-5-23)21-37-32(40)27(25-8-10-29(34)30(35)18-25)12-15-39-16-13-33(14-17-39)20-22(2)38-31-11-9-26(36)19-28(31)33/h4-11,18-19,27,38H,2-3,12-17,20-21H2,1H3,(H,37,40). The van der Waals surface area contributed by atoms with Gasteiger partial charge in [0, 0.05) is 23.3 Å². The van der Waals surface area contributed by atoms with Crippen molar-refractivity contribution >= 4 is 34.8 Å². The van der Waals surface area contributed by atoms with Crippen molar-refractivity contribution in [2.45, 2.75) is 56.9 Å². The lowest BCUT2D eigenvalue weighted by molar-refractivity contribution is -0.123. The lowest BCUT2D eigenvalue weighted by atomic mass is 9.67. The van der Waals surface area contributed by atoms with E-state index in [1.54, 1.807) is 12.1 Å². The van der Waals surface area contributed by atoms with Crippen molar-refractivity contribution in [1.82, 2.24) is 10.2 Å². The van der Waals surface area contributed by atoms with E-state index in [-0.39, 0.29) is 23.1 Å². The summed E-state index contributed by atoms with van der Waals surface area (Å²) in [5.41, 5.74) is 6.10. The molecule has 40 heavy (non-hydrogen) atoms. The summed E-state index contributed by atoms with van der Waals surface area (Å²) in [4.78, 5) is 15.9. The number of rotatable bonds is 8. The fraction of sp³-hybridized carbons (Fsp3) is 0.364. The first-order valence-corrected chi connectivity index (χ1v) is 14.8. The molecule has 0 bridgehead atoms. The van der Waals surface area contributed by atoms with Gasteiger partial charge in [-0.1, -0.05) is 67.0 Å². The first-order valence-electron chi connectivity index (χ1n) is 14.0. The normalized spacial score (nSPS) is 17.2. The van der Waals surface area contributed by atoms with Crippen LogP contribution in [0.1, 0.15) is 60.8 Å². The molecule has 210 valence electrons. The molecule has 0 radical (unpaired) electrons. The van der Waals surface area contributed by atoms with Crippen molar-refractivity contribution in [2.75, 3.05) is 25.0 Å². The van der Waals surface area contributed by atoms with Gasteiger partial charge in [-0.2, -0.15) is 0 Å². The molecule has 1 spiro atoms. The molecule has 0 aliphatic carbocycles. The van der Waals surface area contributed by atoms with Crippen LogP contribution in [0.25, 0.3) is 0 Å². The van der Waals surface area contributed by atoms with Gasteiger partial charge in [0.15, 0.2) is 0 Å². The summed E-state index contributed by atoms with van der Waals surface area (Å²) in [6, 6.07) is 18.8. The zero-order valence-corrected chi connectivity index (χ0v) is 24.4. The second kappa shape index (κ2) is 12.3. The van der Waals surface area contributed by atoms with Crippen LogP contribution < -0.4 is 10.6 Å². The van der Waals surface area contributed by atoms with Crippen LogP contribution in [0.3, 0.4) is 0 Å². The van der Waals surface area contributed by atoms with Crippen molar-refractivity contribution in [3.63, 3.8) is 0 Å². The second-order valence-corrected chi connectivity index (χ2v) is 11.9. The van der Waals surface area contributed by atoms with Crippen LogP contribution in [0.5, 0.6) is 0 Å². The molecule has 3 aromatic rings. The number of benzene rings is 3. The maximum absolute atomic E-state index is 14.2. The minimum atomic E-state index is -0.353. The number of allylic oxidation sites excluding steroid dienone is 1. The van der Waals surface area contributed by atoms with Crippen LogP contribution in [0, 0.1) is 5.82 Å². The summed E-state index contributed by atoms with van der Waals surface area (Å²) in [5.74, 6) is -0.578. The maximum atomic E-state index is 14.2. The van der Waals surface area contributed by atoms with E-state index < -0.39 is 0 Å². The number of hydrogen-bond donors (Lipinski definition) is 2. The predicted molar refractivity (Wildman–Crippen MR) is 163 cm³/mol. The van der Waals surface area contributed by atoms with Gasteiger partial charge in [-0.3, -0.25) is 4.79 Å². The summed E-state index contributed by atoms with van der Waals surface area (Å²) in [6.45, 7) is 9.32. The molecule has 7 heteroatoms. The minimum Gasteiger partial charge on any atom is -0.359 e. The quantitative estimate of drug-likeness (QED) is 0.285. The monoisotopic (exact) mass is 579 g/mol. The Balaban J connectivity index is 1.26. The van der Waals surface area contributed by atoms with Crippen molar-refractivity contribution in [1.29, 1.82) is 0 Å². The average molecular weight is 581 g/mol. The number of likely N-dealkylation sites (tertiary alicyclic amines) is 1. The second-order valence-electron chi connectivity index (χ2n) is 11.1. The lowest BCUT2D eigenvalue weighted by Gasteiger charge is -2.46. The van der Waals surface area contributed by atoms with Crippen LogP contribution in [0.15, 0.2) is 72.9 Å². The van der Waals surface area contributed by atoms with E-state index in [0.717, 1.165) is 73.4 Å². The van der Waals surface area contributed by atoms with Gasteiger partial charge in [0.05, 0.1) is 16.0 Å². The highest BCUT2D eigenvalue weighted by atomic mass is 35.5. The van der Waals surface area contributed by atoms with Crippen LogP contribution in [-0.4, -0.2) is 30.4 Å². The van der Waals surface area contributed by atoms with Gasteiger partial charge in [-0.25, -0.2) is 4.39 Å². The Morgan fingerprint density at radius 1 is 1.05 bits per heavy atom. The van der Waals surface area contributed by atoms with Gasteiger partial charge in [0.2, 0.25) is 5.91 Å². The number of nitrogens with one attached hydrogen (secondary N) is 2. The molecule has 0 aromatic heterocycles. The summed E-state index contributed by atoms with van der Waals surface area (Å²) < 4.78 is 14.2. The van der Waals surface area contributed by atoms with Gasteiger partial charge in [-0.05, 0) is 104 Å². The van der Waals surface area contributed by atoms with E-state index in [4.69, 9.17) is 23.2 Å². The number of hydrogen-bond acceptors (Lipinski definition) is 3. The Hall–Kier alpha value is -2.86. The molecular weight excluding hydrogens is 544 g/mol. The third-order valence-corrected chi connectivity index (χ3v) is 9.26. The van der Waals surface area contributed by atoms with Crippen molar-refractivity contribution in [3.8, 4) is 0 Å². The van der Waals surface area contributed by atoms with Gasteiger partial charge in [-0.15, -0.1) is 0 Å². The van der Waals surface area contributed by atoms with Gasteiger partial charge in [0.25, 0.3) is 0 Å². The topological polar surface area (TPSA) is 44.4 Å². The van der Waals surface area contributed by atoms with Crippen molar-refractivity contribution < 1.29 is 9.18 Å². The molecule has 0 saturated carbocycles. The summed E-state index contributed by atoms with van der Waals surface area (Å²) in [6.07, 6.45) is 4.29. The average Bonchev–Trinajstić information content (AvgIpc) is 2.95. The molecule has 1 atom stereocenters. The maximum Gasteiger partial charge on any atom is 0.227 e. The van der Waals surface area contributed by atoms with Crippen molar-refractivity contribution in [3.05, 3.63) is 111 Å². The molecule has 1 fully saturated rings. The van der Waals surface area contributed by atoms with Crippen molar-refractivity contribution in [2.24, 2.45) is 0 Å². The Labute approximate surface area is 246 Å². The first kappa shape index (κ1) is 28.7. The van der Waals surface area contributed by atoms with E-state index in [1.165, 1.54) is 11.6 Å². The Morgan fingerprint density at radius 3 is 2.48 bits per heavy atom. The number of carbonyl (C=O) groups is 1. The van der Waals surface area contributed by atoms with Crippen LogP contribution in [-0.2, 0) is 23.2 Å². The lowest BCUT2D eigenvalue weighted by Crippen LogP contribution is -2.45. The predicted octanol–water partition coefficient (Wildman–Crippen LogP) is 7.85. The zero-order chi connectivity index (χ0) is 28.3. The molecule has 1 unspecified atom stereocenters. The molecule has 1 saturated heterocycles. The van der Waals surface area contributed by atoms with E-state index in [1.807, 2.05) is 18.2 Å². The number of carbonyl (C=O) groups excluding carboxylic acids is 1. The van der Waals surface area contributed by atoms with Crippen LogP contribution in [0.2, 0.25) is 10.0 Å². The number of piperidine rings is 1. The zero-order valence-electron chi connectivity index (χ0n) is 22.9. The third-order valence-electron chi connectivity index (χ3n) is 8.52. The number of anilines is 1. The van der Waals surface area contributed by atoms with E-state index >= 15 is 0 Å². The highest BCUT2D eigenvalue weighted by molar-refractivity contribution is 6.42. The molecule has 2 aliphatic heterocycles. The van der Waals surface area contributed by atoms with Crippen LogP contribution >= 0.6 is 23.2 Å². The largest absolute Gasteiger partial charge is 0.359 e. The number of nitrogens with zero attached hydrogens (tertiary/aromatic N) is 1. The number of halogens is 3. The van der Waals surface area contributed by atoms with E-state index in [9.17, 15) is 9.18 Å². The molecule has 3 aromatic carbocycles. The fourth-order valence-corrected chi connectivity index (χ4v) is 6.46. The van der Waals surface area contributed by atoms with Crippen LogP contribution in [0.4, 0.5) is 10.1 Å². The molecule has 2 aliphatic rings.